The molecule has 7 heteroatoms. The molecule has 0 aliphatic carbocycles. The summed E-state index contributed by atoms with van der Waals surface area (Å²) >= 11 is 0. The van der Waals surface area contributed by atoms with Gasteiger partial charge in [-0.05, 0) is 60.5 Å². The van der Waals surface area contributed by atoms with E-state index in [1.54, 1.807) is 18.5 Å². The summed E-state index contributed by atoms with van der Waals surface area (Å²) in [4.78, 5) is 28.7. The first kappa shape index (κ1) is 17.8. The van der Waals surface area contributed by atoms with Gasteiger partial charge in [-0.2, -0.15) is 0 Å². The monoisotopic (exact) mass is 380 g/mol. The van der Waals surface area contributed by atoms with Gasteiger partial charge in [0.1, 0.15) is 0 Å². The van der Waals surface area contributed by atoms with E-state index in [9.17, 15) is 18.4 Å². The summed E-state index contributed by atoms with van der Waals surface area (Å²) in [5.41, 5.74) is 2.07. The fourth-order valence-corrected chi connectivity index (χ4v) is 3.01. The van der Waals surface area contributed by atoms with Crippen LogP contribution in [0.3, 0.4) is 0 Å². The van der Waals surface area contributed by atoms with Crippen LogP contribution in [0.5, 0.6) is 0 Å². The molecule has 4 aromatic rings. The van der Waals surface area contributed by atoms with E-state index < -0.39 is 23.2 Å². The molecule has 0 amide bonds. The van der Waals surface area contributed by atoms with Gasteiger partial charge >= 0.3 is 5.76 Å². The van der Waals surface area contributed by atoms with E-state index in [0.29, 0.717) is 18.5 Å². The number of nitrogens with zero attached hydrogens (tertiary/aromatic N) is 2. The molecule has 0 bridgehead atoms. The number of hydrogen-bond acceptors (Lipinski definition) is 4. The molecule has 0 unspecified atom stereocenters. The highest BCUT2D eigenvalue weighted by Gasteiger charge is 2.16. The summed E-state index contributed by atoms with van der Waals surface area (Å²) in [5.74, 6) is -3.14. The first-order valence-electron chi connectivity index (χ1n) is 8.55. The van der Waals surface area contributed by atoms with Crippen molar-refractivity contribution in [1.82, 2.24) is 9.55 Å². The van der Waals surface area contributed by atoms with Crippen LogP contribution in [-0.4, -0.2) is 15.3 Å². The van der Waals surface area contributed by atoms with Gasteiger partial charge in [0.15, 0.2) is 23.0 Å². The number of rotatable bonds is 5. The predicted molar refractivity (Wildman–Crippen MR) is 98.2 cm³/mol. The van der Waals surface area contributed by atoms with Gasteiger partial charge < -0.3 is 4.42 Å². The summed E-state index contributed by atoms with van der Waals surface area (Å²) in [6.45, 7) is 0.409. The first-order chi connectivity index (χ1) is 13.5. The minimum Gasteiger partial charge on any atom is -0.408 e. The number of hydrogen-bond donors (Lipinski definition) is 0. The fraction of sp³-hybridized carbons (Fsp3) is 0.0952. The zero-order valence-corrected chi connectivity index (χ0v) is 14.6. The maximum absolute atomic E-state index is 13.4. The van der Waals surface area contributed by atoms with Crippen molar-refractivity contribution in [2.24, 2.45) is 0 Å². The molecule has 0 radical (unpaired) electrons. The predicted octanol–water partition coefficient (Wildman–Crippen LogP) is 3.74. The summed E-state index contributed by atoms with van der Waals surface area (Å²) in [5, 5.41) is 0. The van der Waals surface area contributed by atoms with E-state index in [1.807, 2.05) is 12.1 Å². The van der Waals surface area contributed by atoms with Crippen LogP contribution in [-0.2, 0) is 13.0 Å². The Morgan fingerprint density at radius 1 is 0.964 bits per heavy atom. The number of oxazole rings is 1. The number of fused-ring (bicyclic) bond motifs is 1. The van der Waals surface area contributed by atoms with Crippen LogP contribution in [0, 0.1) is 11.6 Å². The maximum atomic E-state index is 13.4. The SMILES string of the molecule is O=C(c1ccc(F)c(F)c1)c1ccc2c(c1)oc(=O)n2CCc1ccncc1. The Morgan fingerprint density at radius 2 is 1.68 bits per heavy atom. The van der Waals surface area contributed by atoms with Crippen molar-refractivity contribution < 1.29 is 18.0 Å². The highest BCUT2D eigenvalue weighted by Crippen LogP contribution is 2.19. The van der Waals surface area contributed by atoms with Gasteiger partial charge in [-0.3, -0.25) is 14.3 Å². The minimum absolute atomic E-state index is 0.0118. The number of carbonyl (C=O) groups is 1. The molecular weight excluding hydrogens is 366 g/mol. The van der Waals surface area contributed by atoms with Crippen molar-refractivity contribution in [3.05, 3.63) is 99.8 Å². The molecule has 0 aliphatic rings. The third kappa shape index (κ3) is 3.34. The minimum atomic E-state index is -1.10. The molecule has 5 nitrogen and oxygen atoms in total. The van der Waals surface area contributed by atoms with E-state index in [1.165, 1.54) is 22.8 Å². The van der Waals surface area contributed by atoms with Crippen molar-refractivity contribution in [2.45, 2.75) is 13.0 Å². The second kappa shape index (κ2) is 7.19. The zero-order valence-electron chi connectivity index (χ0n) is 14.6. The normalized spacial score (nSPS) is 11.1. The molecule has 2 aromatic carbocycles. The Balaban J connectivity index is 1.64. The van der Waals surface area contributed by atoms with Crippen molar-refractivity contribution in [2.75, 3.05) is 0 Å². The Hall–Kier alpha value is -3.61. The fourth-order valence-electron chi connectivity index (χ4n) is 3.01. The van der Waals surface area contributed by atoms with Crippen LogP contribution < -0.4 is 5.76 Å². The van der Waals surface area contributed by atoms with Gasteiger partial charge in [0.2, 0.25) is 0 Å². The molecule has 4 rings (SSSR count). The van der Waals surface area contributed by atoms with E-state index >= 15 is 0 Å². The van der Waals surface area contributed by atoms with E-state index in [4.69, 9.17) is 4.42 Å². The van der Waals surface area contributed by atoms with Crippen LogP contribution in [0.4, 0.5) is 8.78 Å². The van der Waals surface area contributed by atoms with Crippen LogP contribution in [0.15, 0.2) is 70.1 Å². The number of ketones is 1. The molecule has 2 aromatic heterocycles. The number of aromatic nitrogens is 2. The van der Waals surface area contributed by atoms with Gasteiger partial charge in [-0.15, -0.1) is 0 Å². The molecular formula is C21H14F2N2O3. The lowest BCUT2D eigenvalue weighted by Gasteiger charge is -2.04. The second-order valence-electron chi connectivity index (χ2n) is 6.27. The molecule has 2 heterocycles. The summed E-state index contributed by atoms with van der Waals surface area (Å²) < 4.78 is 33.2. The molecule has 28 heavy (non-hydrogen) atoms. The molecule has 0 atom stereocenters. The van der Waals surface area contributed by atoms with E-state index in [0.717, 1.165) is 17.7 Å². The summed E-state index contributed by atoms with van der Waals surface area (Å²) in [6.07, 6.45) is 3.98. The topological polar surface area (TPSA) is 65.1 Å². The molecule has 140 valence electrons. The molecule has 0 spiro atoms. The van der Waals surface area contributed by atoms with Gasteiger partial charge in [0.25, 0.3) is 0 Å². The Morgan fingerprint density at radius 3 is 2.43 bits per heavy atom. The van der Waals surface area contributed by atoms with Gasteiger partial charge in [-0.1, -0.05) is 0 Å². The third-order valence-corrected chi connectivity index (χ3v) is 4.49. The van der Waals surface area contributed by atoms with Crippen LogP contribution in [0.25, 0.3) is 11.1 Å². The molecule has 0 saturated carbocycles. The van der Waals surface area contributed by atoms with Crippen LogP contribution in [0.1, 0.15) is 21.5 Å². The largest absolute Gasteiger partial charge is 0.419 e. The summed E-state index contributed by atoms with van der Waals surface area (Å²) in [7, 11) is 0. The average molecular weight is 380 g/mol. The average Bonchev–Trinajstić information content (AvgIpc) is 3.03. The van der Waals surface area contributed by atoms with E-state index in [-0.39, 0.29) is 16.7 Å². The Labute approximate surface area is 157 Å². The highest BCUT2D eigenvalue weighted by molar-refractivity contribution is 6.10. The molecule has 0 saturated heterocycles. The number of halogens is 2. The lowest BCUT2D eigenvalue weighted by Crippen LogP contribution is -2.15. The molecule has 0 N–H and O–H groups in total. The van der Waals surface area contributed by atoms with Gasteiger partial charge in [0.05, 0.1) is 5.52 Å². The van der Waals surface area contributed by atoms with Crippen molar-refractivity contribution >= 4 is 16.9 Å². The number of carbonyl (C=O) groups excluding carboxylic acids is 1. The van der Waals surface area contributed by atoms with Crippen LogP contribution >= 0.6 is 0 Å². The lowest BCUT2D eigenvalue weighted by molar-refractivity contribution is 0.103. The smallest absolute Gasteiger partial charge is 0.408 e. The zero-order chi connectivity index (χ0) is 19.7. The first-order valence-corrected chi connectivity index (χ1v) is 8.55. The molecule has 0 fully saturated rings. The number of aryl methyl sites for hydroxylation is 2. The standard InChI is InChI=1S/C21H14F2N2O3/c22-16-3-1-14(11-17(16)23)20(26)15-2-4-18-19(12-15)28-21(27)25(18)10-7-13-5-8-24-9-6-13/h1-6,8-9,11-12H,7,10H2. The van der Waals surface area contributed by atoms with Crippen molar-refractivity contribution in [1.29, 1.82) is 0 Å². The molecule has 0 aliphatic heterocycles. The van der Waals surface area contributed by atoms with Gasteiger partial charge in [-0.25, -0.2) is 13.6 Å². The lowest BCUT2D eigenvalue weighted by atomic mass is 10.0. The quantitative estimate of drug-likeness (QED) is 0.495. The Bertz CT molecular complexity index is 1230. The van der Waals surface area contributed by atoms with Crippen LogP contribution in [0.2, 0.25) is 0 Å². The van der Waals surface area contributed by atoms with Gasteiger partial charge in [0, 0.05) is 30.1 Å². The summed E-state index contributed by atoms with van der Waals surface area (Å²) in [6, 6.07) is 11.3. The highest BCUT2D eigenvalue weighted by atomic mass is 19.2. The number of benzene rings is 2. The van der Waals surface area contributed by atoms with Crippen molar-refractivity contribution in [3.63, 3.8) is 0 Å². The van der Waals surface area contributed by atoms with Crippen molar-refractivity contribution in [3.8, 4) is 0 Å². The Kier molecular flexibility index (Phi) is 4.57. The van der Waals surface area contributed by atoms with E-state index in [2.05, 4.69) is 4.98 Å². The second-order valence-corrected chi connectivity index (χ2v) is 6.27. The third-order valence-electron chi connectivity index (χ3n) is 4.49. The number of pyridine rings is 1. The maximum Gasteiger partial charge on any atom is 0.419 e.